The van der Waals surface area contributed by atoms with Gasteiger partial charge in [-0.05, 0) is 43.2 Å². The smallest absolute Gasteiger partial charge is 0.227 e. The van der Waals surface area contributed by atoms with Gasteiger partial charge in [-0.25, -0.2) is 4.39 Å². The number of carbonyl (C=O) groups is 1. The molecule has 0 unspecified atom stereocenters. The molecule has 2 bridgehead atoms. The van der Waals surface area contributed by atoms with E-state index in [1.165, 1.54) is 25.3 Å². The van der Waals surface area contributed by atoms with Gasteiger partial charge in [0.2, 0.25) is 5.91 Å². The molecule has 3 heteroatoms. The summed E-state index contributed by atoms with van der Waals surface area (Å²) in [5.41, 5.74) is 0.306. The Hall–Kier alpha value is -1.38. The largest absolute Gasteiger partial charge is 0.323 e. The van der Waals surface area contributed by atoms with E-state index in [1.807, 2.05) is 0 Å². The molecule has 3 rings (SSSR count). The third-order valence-corrected chi connectivity index (χ3v) is 4.21. The van der Waals surface area contributed by atoms with Crippen LogP contribution in [0, 0.1) is 23.6 Å². The number of para-hydroxylation sites is 1. The van der Waals surface area contributed by atoms with Crippen molar-refractivity contribution in [2.24, 2.45) is 17.8 Å². The van der Waals surface area contributed by atoms with Crippen molar-refractivity contribution < 1.29 is 9.18 Å². The summed E-state index contributed by atoms with van der Waals surface area (Å²) in [4.78, 5) is 12.1. The lowest BCUT2D eigenvalue weighted by Gasteiger charge is -2.20. The maximum absolute atomic E-state index is 13.4. The molecule has 3 atom stereocenters. The molecule has 1 aromatic rings. The van der Waals surface area contributed by atoms with Gasteiger partial charge in [0.25, 0.3) is 0 Å². The van der Waals surface area contributed by atoms with Crippen LogP contribution in [0.4, 0.5) is 10.1 Å². The van der Waals surface area contributed by atoms with Gasteiger partial charge in [0.1, 0.15) is 5.82 Å². The van der Waals surface area contributed by atoms with E-state index in [0.717, 1.165) is 12.3 Å². The highest BCUT2D eigenvalue weighted by molar-refractivity contribution is 5.93. The number of rotatable bonds is 2. The van der Waals surface area contributed by atoms with Crippen LogP contribution >= 0.6 is 0 Å². The van der Waals surface area contributed by atoms with E-state index in [0.29, 0.717) is 11.6 Å². The number of anilines is 1. The third kappa shape index (κ3) is 1.94. The Kier molecular flexibility index (Phi) is 2.61. The minimum Gasteiger partial charge on any atom is -0.323 e. The van der Waals surface area contributed by atoms with E-state index in [9.17, 15) is 9.18 Å². The summed E-state index contributed by atoms with van der Waals surface area (Å²) in [5, 5.41) is 2.72. The van der Waals surface area contributed by atoms with E-state index >= 15 is 0 Å². The SMILES string of the molecule is O=C(Nc1ccccc1F)[C@@H]1C[C@@H]2CC[C@@H]1C2. The summed E-state index contributed by atoms with van der Waals surface area (Å²) in [7, 11) is 0. The van der Waals surface area contributed by atoms with E-state index in [-0.39, 0.29) is 17.6 Å². The van der Waals surface area contributed by atoms with Gasteiger partial charge < -0.3 is 5.32 Å². The first kappa shape index (κ1) is 10.8. The second-order valence-corrected chi connectivity index (χ2v) is 5.25. The predicted molar refractivity (Wildman–Crippen MR) is 64.0 cm³/mol. The lowest BCUT2D eigenvalue weighted by Crippen LogP contribution is -2.27. The summed E-state index contributed by atoms with van der Waals surface area (Å²) >= 11 is 0. The zero-order valence-corrected chi connectivity index (χ0v) is 9.66. The summed E-state index contributed by atoms with van der Waals surface area (Å²) < 4.78 is 13.4. The highest BCUT2D eigenvalue weighted by atomic mass is 19.1. The topological polar surface area (TPSA) is 29.1 Å². The Morgan fingerprint density at radius 3 is 2.71 bits per heavy atom. The fourth-order valence-electron chi connectivity index (χ4n) is 3.35. The molecular weight excluding hydrogens is 217 g/mol. The molecule has 0 heterocycles. The van der Waals surface area contributed by atoms with Crippen LogP contribution < -0.4 is 5.32 Å². The van der Waals surface area contributed by atoms with Gasteiger partial charge in [-0.15, -0.1) is 0 Å². The molecule has 0 spiro atoms. The van der Waals surface area contributed by atoms with Crippen LogP contribution in [-0.4, -0.2) is 5.91 Å². The molecule has 2 nitrogen and oxygen atoms in total. The highest BCUT2D eigenvalue weighted by Gasteiger charge is 2.43. The number of fused-ring (bicyclic) bond motifs is 2. The lowest BCUT2D eigenvalue weighted by atomic mass is 9.88. The van der Waals surface area contributed by atoms with Gasteiger partial charge in [0.05, 0.1) is 5.69 Å². The normalized spacial score (nSPS) is 30.5. The average Bonchev–Trinajstić information content (AvgIpc) is 2.94. The average molecular weight is 233 g/mol. The lowest BCUT2D eigenvalue weighted by molar-refractivity contribution is -0.121. The molecule has 1 aromatic carbocycles. The quantitative estimate of drug-likeness (QED) is 0.835. The van der Waals surface area contributed by atoms with E-state index in [4.69, 9.17) is 0 Å². The standard InChI is InChI=1S/C14H16FNO/c15-12-3-1-2-4-13(12)16-14(17)11-8-9-5-6-10(11)7-9/h1-4,9-11H,5-8H2,(H,16,17)/t9-,10-,11-/m1/s1. The van der Waals surface area contributed by atoms with Crippen molar-refractivity contribution in [3.63, 3.8) is 0 Å². The van der Waals surface area contributed by atoms with Gasteiger partial charge in [0, 0.05) is 5.92 Å². The molecular formula is C14H16FNO. The maximum atomic E-state index is 13.4. The van der Waals surface area contributed by atoms with Gasteiger partial charge in [-0.1, -0.05) is 18.6 Å². The zero-order chi connectivity index (χ0) is 11.8. The van der Waals surface area contributed by atoms with Gasteiger partial charge in [0.15, 0.2) is 0 Å². The van der Waals surface area contributed by atoms with Crippen molar-refractivity contribution >= 4 is 11.6 Å². The molecule has 0 saturated heterocycles. The van der Waals surface area contributed by atoms with Crippen molar-refractivity contribution in [1.82, 2.24) is 0 Å². The van der Waals surface area contributed by atoms with Gasteiger partial charge in [-0.3, -0.25) is 4.79 Å². The van der Waals surface area contributed by atoms with E-state index < -0.39 is 0 Å². The van der Waals surface area contributed by atoms with Crippen LogP contribution in [0.5, 0.6) is 0 Å². The molecule has 2 saturated carbocycles. The van der Waals surface area contributed by atoms with Crippen LogP contribution in [0.15, 0.2) is 24.3 Å². The molecule has 1 amide bonds. The van der Waals surface area contributed by atoms with Crippen molar-refractivity contribution in [3.05, 3.63) is 30.1 Å². The van der Waals surface area contributed by atoms with Gasteiger partial charge >= 0.3 is 0 Å². The fourth-order valence-corrected chi connectivity index (χ4v) is 3.35. The van der Waals surface area contributed by atoms with Crippen LogP contribution in [0.25, 0.3) is 0 Å². The fraction of sp³-hybridized carbons (Fsp3) is 0.500. The summed E-state index contributed by atoms with van der Waals surface area (Å²) in [5.74, 6) is 1.02. The third-order valence-electron chi connectivity index (χ3n) is 4.21. The van der Waals surface area contributed by atoms with Crippen molar-refractivity contribution in [2.45, 2.75) is 25.7 Å². The first-order chi connectivity index (χ1) is 8.24. The molecule has 1 N–H and O–H groups in total. The monoisotopic (exact) mass is 233 g/mol. The van der Waals surface area contributed by atoms with Gasteiger partial charge in [-0.2, -0.15) is 0 Å². The number of carbonyl (C=O) groups excluding carboxylic acids is 1. The maximum Gasteiger partial charge on any atom is 0.227 e. The summed E-state index contributed by atoms with van der Waals surface area (Å²) in [6.45, 7) is 0. The Morgan fingerprint density at radius 2 is 2.06 bits per heavy atom. The van der Waals surface area contributed by atoms with Crippen LogP contribution in [0.2, 0.25) is 0 Å². The Bertz CT molecular complexity index is 446. The molecule has 17 heavy (non-hydrogen) atoms. The second kappa shape index (κ2) is 4.13. The number of amides is 1. The molecule has 2 aliphatic carbocycles. The number of hydrogen-bond donors (Lipinski definition) is 1. The number of halogens is 1. The number of nitrogens with one attached hydrogen (secondary N) is 1. The first-order valence-corrected chi connectivity index (χ1v) is 6.29. The minimum atomic E-state index is -0.357. The Morgan fingerprint density at radius 1 is 1.24 bits per heavy atom. The molecule has 90 valence electrons. The predicted octanol–water partition coefficient (Wildman–Crippen LogP) is 3.20. The minimum absolute atomic E-state index is 0.00213. The van der Waals surface area contributed by atoms with Crippen molar-refractivity contribution in [2.75, 3.05) is 5.32 Å². The first-order valence-electron chi connectivity index (χ1n) is 6.29. The molecule has 0 radical (unpaired) electrons. The zero-order valence-electron chi connectivity index (χ0n) is 9.66. The summed E-state index contributed by atoms with van der Waals surface area (Å²) in [6.07, 6.45) is 4.62. The van der Waals surface area contributed by atoms with E-state index in [2.05, 4.69) is 5.32 Å². The molecule has 0 aliphatic heterocycles. The van der Waals surface area contributed by atoms with Crippen molar-refractivity contribution in [3.8, 4) is 0 Å². The highest BCUT2D eigenvalue weighted by Crippen LogP contribution is 2.48. The molecule has 2 aliphatic rings. The number of hydrogen-bond acceptors (Lipinski definition) is 1. The van der Waals surface area contributed by atoms with Crippen LogP contribution in [0.3, 0.4) is 0 Å². The molecule has 0 aromatic heterocycles. The Balaban J connectivity index is 1.70. The Labute approximate surface area is 100 Å². The van der Waals surface area contributed by atoms with Crippen LogP contribution in [-0.2, 0) is 4.79 Å². The van der Waals surface area contributed by atoms with E-state index in [1.54, 1.807) is 18.2 Å². The molecule has 2 fully saturated rings. The van der Waals surface area contributed by atoms with Crippen molar-refractivity contribution in [1.29, 1.82) is 0 Å². The second-order valence-electron chi connectivity index (χ2n) is 5.25. The number of benzene rings is 1. The van der Waals surface area contributed by atoms with Crippen LogP contribution in [0.1, 0.15) is 25.7 Å². The summed E-state index contributed by atoms with van der Waals surface area (Å²) in [6, 6.07) is 6.35.